The number of carbonyl (C=O) groups is 2. The van der Waals surface area contributed by atoms with Gasteiger partial charge >= 0.3 is 0 Å². The first-order valence-corrected chi connectivity index (χ1v) is 10.6. The summed E-state index contributed by atoms with van der Waals surface area (Å²) in [5.74, 6) is -0.0550. The summed E-state index contributed by atoms with van der Waals surface area (Å²) in [5.41, 5.74) is 4.47. The van der Waals surface area contributed by atoms with Gasteiger partial charge in [0.05, 0.1) is 6.42 Å². The highest BCUT2D eigenvalue weighted by Gasteiger charge is 2.28. The number of nitrogens with one attached hydrogen (secondary N) is 1. The molecular formula is C25H34N2O2. The summed E-state index contributed by atoms with van der Waals surface area (Å²) in [6, 6.07) is 15.9. The van der Waals surface area contributed by atoms with Crippen LogP contribution in [-0.4, -0.2) is 35.8 Å². The molecule has 1 N–H and O–H groups in total. The summed E-state index contributed by atoms with van der Waals surface area (Å²) in [5, 5.41) is 2.97. The maximum atomic E-state index is 13.3. The van der Waals surface area contributed by atoms with E-state index in [0.29, 0.717) is 25.9 Å². The molecule has 1 atom stereocenters. The topological polar surface area (TPSA) is 49.4 Å². The summed E-state index contributed by atoms with van der Waals surface area (Å²) in [7, 11) is 0. The molecule has 2 amide bonds. The third-order valence-electron chi connectivity index (χ3n) is 5.06. The van der Waals surface area contributed by atoms with Gasteiger partial charge < -0.3 is 10.2 Å². The molecule has 4 nitrogen and oxygen atoms in total. The molecule has 29 heavy (non-hydrogen) atoms. The molecule has 1 unspecified atom stereocenters. The van der Waals surface area contributed by atoms with Crippen molar-refractivity contribution in [2.75, 3.05) is 13.1 Å². The van der Waals surface area contributed by atoms with Crippen LogP contribution in [0.15, 0.2) is 48.5 Å². The van der Waals surface area contributed by atoms with Crippen LogP contribution in [-0.2, 0) is 22.4 Å². The first-order valence-electron chi connectivity index (χ1n) is 10.6. The van der Waals surface area contributed by atoms with Crippen LogP contribution in [0.4, 0.5) is 0 Å². The third kappa shape index (κ3) is 7.04. The molecule has 2 aromatic carbocycles. The van der Waals surface area contributed by atoms with Crippen LogP contribution in [0.5, 0.6) is 0 Å². The molecule has 2 rings (SSSR count). The van der Waals surface area contributed by atoms with Gasteiger partial charge in [0.15, 0.2) is 0 Å². The van der Waals surface area contributed by atoms with Crippen molar-refractivity contribution in [3.63, 3.8) is 0 Å². The maximum absolute atomic E-state index is 13.3. The van der Waals surface area contributed by atoms with Gasteiger partial charge in [-0.05, 0) is 44.2 Å². The zero-order chi connectivity index (χ0) is 21.2. The smallest absolute Gasteiger partial charge is 0.242 e. The molecule has 0 saturated carbocycles. The minimum atomic E-state index is -0.441. The highest BCUT2D eigenvalue weighted by Crippen LogP contribution is 2.14. The van der Waals surface area contributed by atoms with E-state index in [1.165, 1.54) is 5.56 Å². The largest absolute Gasteiger partial charge is 0.354 e. The van der Waals surface area contributed by atoms with E-state index in [4.69, 9.17) is 0 Å². The van der Waals surface area contributed by atoms with E-state index < -0.39 is 6.04 Å². The van der Waals surface area contributed by atoms with Crippen LogP contribution >= 0.6 is 0 Å². The van der Waals surface area contributed by atoms with Gasteiger partial charge in [-0.2, -0.15) is 0 Å². The second-order valence-electron chi connectivity index (χ2n) is 7.71. The Kier molecular flexibility index (Phi) is 8.91. The van der Waals surface area contributed by atoms with E-state index in [-0.39, 0.29) is 11.8 Å². The number of hydrogen-bond acceptors (Lipinski definition) is 2. The van der Waals surface area contributed by atoms with Crippen molar-refractivity contribution in [2.45, 2.75) is 59.4 Å². The zero-order valence-corrected chi connectivity index (χ0v) is 18.2. The number of carbonyl (C=O) groups excluding carboxylic acids is 2. The maximum Gasteiger partial charge on any atom is 0.242 e. The first-order chi connectivity index (χ1) is 13.9. The Bertz CT molecular complexity index is 781. The Morgan fingerprint density at radius 3 is 2.21 bits per heavy atom. The van der Waals surface area contributed by atoms with E-state index in [0.717, 1.165) is 29.5 Å². The molecule has 0 aliphatic carbocycles. The van der Waals surface area contributed by atoms with Gasteiger partial charge in [-0.15, -0.1) is 0 Å². The highest BCUT2D eigenvalue weighted by molar-refractivity contribution is 5.88. The second kappa shape index (κ2) is 11.4. The van der Waals surface area contributed by atoms with Gasteiger partial charge in [0.2, 0.25) is 11.8 Å². The Morgan fingerprint density at radius 1 is 0.966 bits per heavy atom. The molecule has 0 aliphatic heterocycles. The van der Waals surface area contributed by atoms with Crippen molar-refractivity contribution >= 4 is 11.8 Å². The normalized spacial score (nSPS) is 11.7. The highest BCUT2D eigenvalue weighted by atomic mass is 16.2. The lowest BCUT2D eigenvalue weighted by molar-refractivity contribution is -0.140. The number of nitrogens with zero attached hydrogens (tertiary/aromatic N) is 1. The van der Waals surface area contributed by atoms with Gasteiger partial charge in [-0.1, -0.05) is 73.5 Å². The Balaban J connectivity index is 2.21. The fourth-order valence-corrected chi connectivity index (χ4v) is 3.71. The van der Waals surface area contributed by atoms with Crippen molar-refractivity contribution in [1.29, 1.82) is 0 Å². The zero-order valence-electron chi connectivity index (χ0n) is 18.2. The lowest BCUT2D eigenvalue weighted by Crippen LogP contribution is -2.50. The van der Waals surface area contributed by atoms with Crippen LogP contribution < -0.4 is 5.32 Å². The molecule has 0 bridgehead atoms. The number of benzene rings is 2. The van der Waals surface area contributed by atoms with E-state index >= 15 is 0 Å². The Labute approximate surface area is 175 Å². The van der Waals surface area contributed by atoms with Crippen molar-refractivity contribution in [3.05, 3.63) is 70.8 Å². The van der Waals surface area contributed by atoms with E-state index in [9.17, 15) is 9.59 Å². The van der Waals surface area contributed by atoms with Gasteiger partial charge in [-0.25, -0.2) is 0 Å². The lowest BCUT2D eigenvalue weighted by Gasteiger charge is -2.31. The Morgan fingerprint density at radius 2 is 1.62 bits per heavy atom. The van der Waals surface area contributed by atoms with E-state index in [2.05, 4.69) is 35.6 Å². The monoisotopic (exact) mass is 394 g/mol. The molecule has 0 radical (unpaired) electrons. The molecule has 0 heterocycles. The van der Waals surface area contributed by atoms with Crippen molar-refractivity contribution in [2.24, 2.45) is 0 Å². The third-order valence-corrected chi connectivity index (χ3v) is 5.06. The quantitative estimate of drug-likeness (QED) is 0.656. The van der Waals surface area contributed by atoms with Gasteiger partial charge in [0.25, 0.3) is 0 Å². The SMILES string of the molecule is CCCNC(=O)C(CC)N(CCc1ccccc1)C(=O)Cc1cc(C)cc(C)c1. The van der Waals surface area contributed by atoms with Crippen LogP contribution in [0.2, 0.25) is 0 Å². The molecule has 0 aromatic heterocycles. The predicted molar refractivity (Wildman–Crippen MR) is 119 cm³/mol. The number of aryl methyl sites for hydroxylation is 2. The van der Waals surface area contributed by atoms with E-state index in [1.54, 1.807) is 4.90 Å². The number of amides is 2. The van der Waals surface area contributed by atoms with Crippen LogP contribution in [0.1, 0.15) is 48.9 Å². The summed E-state index contributed by atoms with van der Waals surface area (Å²) >= 11 is 0. The van der Waals surface area contributed by atoms with Gasteiger partial charge in [0, 0.05) is 13.1 Å². The van der Waals surface area contributed by atoms with E-state index in [1.807, 2.05) is 45.9 Å². The average molecular weight is 395 g/mol. The summed E-state index contributed by atoms with van der Waals surface area (Å²) in [6.07, 6.45) is 2.53. The fraction of sp³-hybridized carbons (Fsp3) is 0.440. The van der Waals surface area contributed by atoms with Crippen LogP contribution in [0.25, 0.3) is 0 Å². The standard InChI is InChI=1S/C25H34N2O2/c1-5-13-26-25(29)23(6-2)27(14-12-21-10-8-7-9-11-21)24(28)18-22-16-19(3)15-20(4)17-22/h7-11,15-17,23H,5-6,12-14,18H2,1-4H3,(H,26,29). The first kappa shape index (κ1) is 22.7. The molecule has 2 aromatic rings. The summed E-state index contributed by atoms with van der Waals surface area (Å²) in [4.78, 5) is 27.8. The minimum absolute atomic E-state index is 0.00410. The van der Waals surface area contributed by atoms with Crippen LogP contribution in [0, 0.1) is 13.8 Å². The minimum Gasteiger partial charge on any atom is -0.354 e. The molecular weight excluding hydrogens is 360 g/mol. The summed E-state index contributed by atoms with van der Waals surface area (Å²) < 4.78 is 0. The molecule has 0 fully saturated rings. The molecule has 0 saturated heterocycles. The van der Waals surface area contributed by atoms with Crippen molar-refractivity contribution in [3.8, 4) is 0 Å². The van der Waals surface area contributed by atoms with Crippen molar-refractivity contribution in [1.82, 2.24) is 10.2 Å². The molecule has 156 valence electrons. The average Bonchev–Trinajstić information content (AvgIpc) is 2.69. The second-order valence-corrected chi connectivity index (χ2v) is 7.71. The predicted octanol–water partition coefficient (Wildman–Crippen LogP) is 4.22. The van der Waals surface area contributed by atoms with Crippen molar-refractivity contribution < 1.29 is 9.59 Å². The van der Waals surface area contributed by atoms with Gasteiger partial charge in [0.1, 0.15) is 6.04 Å². The number of hydrogen-bond donors (Lipinski definition) is 1. The van der Waals surface area contributed by atoms with Gasteiger partial charge in [-0.3, -0.25) is 9.59 Å². The number of rotatable bonds is 10. The molecule has 0 aliphatic rings. The van der Waals surface area contributed by atoms with Crippen LogP contribution in [0.3, 0.4) is 0 Å². The fourth-order valence-electron chi connectivity index (χ4n) is 3.71. The molecule has 0 spiro atoms. The lowest BCUT2D eigenvalue weighted by atomic mass is 10.0. The molecule has 4 heteroatoms. The summed E-state index contributed by atoms with van der Waals surface area (Å²) in [6.45, 7) is 9.25. The Hall–Kier alpha value is -2.62.